The smallest absolute Gasteiger partial charge is 0.220 e. The average molecular weight is 348 g/mol. The Morgan fingerprint density at radius 3 is 1.92 bits per heavy atom. The van der Waals surface area contributed by atoms with Gasteiger partial charge in [-0.05, 0) is 53.9 Å². The molecule has 26 heavy (non-hydrogen) atoms. The number of carbonyl (C=O) groups excluding carboxylic acids is 1. The van der Waals surface area contributed by atoms with Crippen LogP contribution in [0.2, 0.25) is 0 Å². The molecule has 0 atom stereocenters. The quantitative estimate of drug-likeness (QED) is 0.812. The molecule has 1 N–H and O–H groups in total. The third kappa shape index (κ3) is 3.68. The Morgan fingerprint density at radius 1 is 0.923 bits per heavy atom. The van der Waals surface area contributed by atoms with Gasteiger partial charge in [-0.1, -0.05) is 55.5 Å². The second-order valence-electron chi connectivity index (χ2n) is 7.76. The van der Waals surface area contributed by atoms with Crippen molar-refractivity contribution in [2.24, 2.45) is 5.92 Å². The van der Waals surface area contributed by atoms with E-state index in [-0.39, 0.29) is 5.91 Å². The van der Waals surface area contributed by atoms with Crippen LogP contribution in [-0.4, -0.2) is 30.1 Å². The largest absolute Gasteiger partial charge is 0.343 e. The second kappa shape index (κ2) is 7.63. The summed E-state index contributed by atoms with van der Waals surface area (Å²) in [6, 6.07) is 18.1. The topological polar surface area (TPSA) is 32.3 Å². The van der Waals surface area contributed by atoms with Crippen molar-refractivity contribution in [2.75, 3.05) is 13.2 Å². The summed E-state index contributed by atoms with van der Waals surface area (Å²) in [6.45, 7) is 3.63. The highest BCUT2D eigenvalue weighted by molar-refractivity contribution is 5.75. The molecule has 2 aliphatic rings. The van der Waals surface area contributed by atoms with Gasteiger partial charge >= 0.3 is 0 Å². The number of nitrogens with one attached hydrogen (secondary N) is 1. The predicted molar refractivity (Wildman–Crippen MR) is 105 cm³/mol. The van der Waals surface area contributed by atoms with Crippen molar-refractivity contribution in [3.63, 3.8) is 0 Å². The van der Waals surface area contributed by atoms with Gasteiger partial charge in [0.15, 0.2) is 0 Å². The van der Waals surface area contributed by atoms with Crippen molar-refractivity contribution in [3.8, 4) is 0 Å². The summed E-state index contributed by atoms with van der Waals surface area (Å²) < 4.78 is 0. The molecule has 0 saturated carbocycles. The van der Waals surface area contributed by atoms with Crippen LogP contribution in [0.4, 0.5) is 0 Å². The lowest BCUT2D eigenvalue weighted by Crippen LogP contribution is -2.46. The number of amides is 1. The maximum Gasteiger partial charge on any atom is 0.220 e. The molecule has 0 bridgehead atoms. The Morgan fingerprint density at radius 2 is 1.42 bits per heavy atom. The second-order valence-corrected chi connectivity index (χ2v) is 7.76. The van der Waals surface area contributed by atoms with Crippen LogP contribution >= 0.6 is 0 Å². The van der Waals surface area contributed by atoms with E-state index in [0.29, 0.717) is 25.0 Å². The van der Waals surface area contributed by atoms with Gasteiger partial charge in [-0.15, -0.1) is 0 Å². The molecule has 0 fully saturated rings. The van der Waals surface area contributed by atoms with Crippen LogP contribution in [-0.2, 0) is 30.5 Å². The van der Waals surface area contributed by atoms with Crippen molar-refractivity contribution >= 4 is 5.91 Å². The zero-order valence-corrected chi connectivity index (χ0v) is 15.6. The van der Waals surface area contributed by atoms with E-state index in [0.717, 1.165) is 32.2 Å². The Bertz CT molecular complexity index is 735. The van der Waals surface area contributed by atoms with Crippen molar-refractivity contribution < 1.29 is 4.79 Å². The van der Waals surface area contributed by atoms with Gasteiger partial charge < -0.3 is 5.32 Å². The summed E-state index contributed by atoms with van der Waals surface area (Å²) in [5, 5.41) is 3.12. The van der Waals surface area contributed by atoms with E-state index in [1.165, 1.54) is 22.3 Å². The zero-order chi connectivity index (χ0) is 17.9. The van der Waals surface area contributed by atoms with E-state index in [2.05, 4.69) is 58.7 Å². The molecule has 1 amide bonds. The molecular weight excluding hydrogens is 320 g/mol. The normalized spacial score (nSPS) is 16.7. The Kier molecular flexibility index (Phi) is 5.07. The van der Waals surface area contributed by atoms with E-state index in [9.17, 15) is 4.79 Å². The number of hydrogen-bond donors (Lipinski definition) is 1. The zero-order valence-electron chi connectivity index (χ0n) is 15.6. The number of rotatable bonds is 6. The minimum atomic E-state index is 0.139. The van der Waals surface area contributed by atoms with E-state index < -0.39 is 0 Å². The molecule has 0 aromatic heterocycles. The summed E-state index contributed by atoms with van der Waals surface area (Å²) in [4.78, 5) is 14.3. The molecule has 0 aliphatic heterocycles. The highest BCUT2D eigenvalue weighted by Crippen LogP contribution is 2.30. The molecule has 0 heterocycles. The fourth-order valence-electron chi connectivity index (χ4n) is 4.56. The fraction of sp³-hybridized carbons (Fsp3) is 0.435. The van der Waals surface area contributed by atoms with Crippen molar-refractivity contribution in [2.45, 2.75) is 45.1 Å². The molecule has 136 valence electrons. The highest BCUT2D eigenvalue weighted by atomic mass is 16.1. The van der Waals surface area contributed by atoms with Gasteiger partial charge in [-0.2, -0.15) is 0 Å². The van der Waals surface area contributed by atoms with Gasteiger partial charge in [0.05, 0.1) is 6.67 Å². The predicted octanol–water partition coefficient (Wildman–Crippen LogP) is 3.35. The van der Waals surface area contributed by atoms with Crippen LogP contribution in [0.15, 0.2) is 48.5 Å². The molecule has 2 aliphatic carbocycles. The van der Waals surface area contributed by atoms with Gasteiger partial charge in [0.1, 0.15) is 0 Å². The number of hydrogen-bond acceptors (Lipinski definition) is 2. The fourth-order valence-corrected chi connectivity index (χ4v) is 4.56. The van der Waals surface area contributed by atoms with Crippen LogP contribution < -0.4 is 5.32 Å². The minimum Gasteiger partial charge on any atom is -0.343 e. The Hall–Kier alpha value is -2.13. The third-order valence-electron chi connectivity index (χ3n) is 5.97. The van der Waals surface area contributed by atoms with E-state index >= 15 is 0 Å². The van der Waals surface area contributed by atoms with Crippen LogP contribution in [0.1, 0.15) is 35.6 Å². The number of nitrogens with zero attached hydrogens (tertiary/aromatic N) is 1. The van der Waals surface area contributed by atoms with Crippen LogP contribution in [0.3, 0.4) is 0 Å². The number of carbonyl (C=O) groups is 1. The molecule has 0 spiro atoms. The summed E-state index contributed by atoms with van der Waals surface area (Å²) in [5.41, 5.74) is 5.95. The minimum absolute atomic E-state index is 0.139. The number of fused-ring (bicyclic) bond motifs is 2. The maximum absolute atomic E-state index is 11.8. The van der Waals surface area contributed by atoms with E-state index in [1.54, 1.807) is 0 Å². The molecule has 0 radical (unpaired) electrons. The van der Waals surface area contributed by atoms with Gasteiger partial charge in [0.2, 0.25) is 5.91 Å². The lowest BCUT2D eigenvalue weighted by Gasteiger charge is -2.31. The highest BCUT2D eigenvalue weighted by Gasteiger charge is 2.30. The first-order valence-corrected chi connectivity index (χ1v) is 9.87. The summed E-state index contributed by atoms with van der Waals surface area (Å²) >= 11 is 0. The molecule has 2 aromatic carbocycles. The Balaban J connectivity index is 1.45. The summed E-state index contributed by atoms with van der Waals surface area (Å²) in [5.74, 6) is 0.787. The SMILES string of the molecule is CCC(=O)NCN(CC1Cc2ccccc2C1)C1Cc2ccccc2C1. The molecule has 2 aromatic rings. The van der Waals surface area contributed by atoms with E-state index in [4.69, 9.17) is 0 Å². The lowest BCUT2D eigenvalue weighted by atomic mass is 10.0. The standard InChI is InChI=1S/C23H28N2O/c1-2-23(26)24-16-25(22-13-20-9-5-6-10-21(20)14-22)15-17-11-18-7-3-4-8-19(18)12-17/h3-10,17,22H,2,11-16H2,1H3,(H,24,26). The maximum atomic E-state index is 11.8. The lowest BCUT2D eigenvalue weighted by molar-refractivity contribution is -0.121. The first-order valence-electron chi connectivity index (χ1n) is 9.87. The Labute approximate surface area is 156 Å². The first-order chi connectivity index (χ1) is 12.7. The first kappa shape index (κ1) is 17.3. The van der Waals surface area contributed by atoms with Crippen LogP contribution in [0.25, 0.3) is 0 Å². The summed E-state index contributed by atoms with van der Waals surface area (Å²) in [7, 11) is 0. The van der Waals surface area contributed by atoms with Gasteiger partial charge in [0, 0.05) is 19.0 Å². The van der Waals surface area contributed by atoms with E-state index in [1.807, 2.05) is 6.92 Å². The van der Waals surface area contributed by atoms with Gasteiger partial charge in [-0.3, -0.25) is 9.69 Å². The van der Waals surface area contributed by atoms with Crippen LogP contribution in [0.5, 0.6) is 0 Å². The van der Waals surface area contributed by atoms with Crippen molar-refractivity contribution in [1.82, 2.24) is 10.2 Å². The van der Waals surface area contributed by atoms with Gasteiger partial charge in [-0.25, -0.2) is 0 Å². The molecular formula is C23H28N2O. The summed E-state index contributed by atoms with van der Waals surface area (Å²) in [6.07, 6.45) is 5.06. The average Bonchev–Trinajstić information content (AvgIpc) is 3.27. The monoisotopic (exact) mass is 348 g/mol. The molecule has 0 unspecified atom stereocenters. The molecule has 4 rings (SSSR count). The van der Waals surface area contributed by atoms with Crippen LogP contribution in [0, 0.1) is 5.92 Å². The molecule has 3 heteroatoms. The van der Waals surface area contributed by atoms with Gasteiger partial charge in [0.25, 0.3) is 0 Å². The molecule has 0 saturated heterocycles. The number of benzene rings is 2. The third-order valence-corrected chi connectivity index (χ3v) is 5.97. The van der Waals surface area contributed by atoms with Crippen molar-refractivity contribution in [1.29, 1.82) is 0 Å². The molecule has 3 nitrogen and oxygen atoms in total. The van der Waals surface area contributed by atoms with Crippen molar-refractivity contribution in [3.05, 3.63) is 70.8 Å².